The van der Waals surface area contributed by atoms with Crippen molar-refractivity contribution in [2.45, 2.75) is 30.3 Å². The fourth-order valence-electron chi connectivity index (χ4n) is 1.96. The van der Waals surface area contributed by atoms with Crippen molar-refractivity contribution in [2.24, 2.45) is 0 Å². The second kappa shape index (κ2) is 4.95. The van der Waals surface area contributed by atoms with E-state index in [1.165, 1.54) is 6.07 Å². The van der Waals surface area contributed by atoms with Gasteiger partial charge in [-0.25, -0.2) is 13.4 Å². The Labute approximate surface area is 131 Å². The van der Waals surface area contributed by atoms with Crippen molar-refractivity contribution in [1.29, 1.82) is 0 Å². The Kier molecular flexibility index (Phi) is 3.48. The molecule has 0 saturated heterocycles. The molecule has 0 bridgehead atoms. The maximum atomic E-state index is 12.4. The van der Waals surface area contributed by atoms with E-state index in [0.29, 0.717) is 29.1 Å². The third kappa shape index (κ3) is 2.78. The number of sulfonamides is 1. The molecule has 0 unspecified atom stereocenters. The number of aromatic nitrogens is 1. The van der Waals surface area contributed by atoms with E-state index in [9.17, 15) is 13.5 Å². The van der Waals surface area contributed by atoms with Gasteiger partial charge in [0.25, 0.3) is 10.0 Å². The maximum Gasteiger partial charge on any atom is 0.263 e. The van der Waals surface area contributed by atoms with E-state index in [2.05, 4.69) is 9.71 Å². The van der Waals surface area contributed by atoms with Crippen LogP contribution in [0, 0.1) is 6.92 Å². The number of hydrogen-bond donors (Lipinski definition) is 2. The molecule has 0 atom stereocenters. The Bertz CT molecular complexity index is 797. The van der Waals surface area contributed by atoms with Crippen LogP contribution in [0.25, 0.3) is 0 Å². The van der Waals surface area contributed by atoms with Crippen molar-refractivity contribution in [3.8, 4) is 0 Å². The highest BCUT2D eigenvalue weighted by molar-refractivity contribution is 7.93. The molecule has 8 heteroatoms. The predicted molar refractivity (Wildman–Crippen MR) is 82.2 cm³/mol. The molecule has 1 aromatic carbocycles. The van der Waals surface area contributed by atoms with Crippen LogP contribution in [0.4, 0.5) is 5.13 Å². The first-order chi connectivity index (χ1) is 9.82. The quantitative estimate of drug-likeness (QED) is 0.893. The maximum absolute atomic E-state index is 12.4. The smallest absolute Gasteiger partial charge is 0.263 e. The van der Waals surface area contributed by atoms with Gasteiger partial charge in [0.15, 0.2) is 5.13 Å². The molecule has 5 nitrogen and oxygen atoms in total. The molecule has 1 saturated carbocycles. The van der Waals surface area contributed by atoms with Crippen molar-refractivity contribution in [3.63, 3.8) is 0 Å². The average molecular weight is 345 g/mol. The molecule has 2 aromatic rings. The van der Waals surface area contributed by atoms with Crippen LogP contribution in [0.1, 0.15) is 24.1 Å². The number of aliphatic hydroxyl groups is 1. The molecular formula is C13H13ClN2O3S2. The van der Waals surface area contributed by atoms with E-state index < -0.39 is 15.6 Å². The van der Waals surface area contributed by atoms with Crippen molar-refractivity contribution < 1.29 is 13.5 Å². The van der Waals surface area contributed by atoms with Gasteiger partial charge in [-0.05, 0) is 37.5 Å². The lowest BCUT2D eigenvalue weighted by Crippen LogP contribution is -2.14. The Morgan fingerprint density at radius 1 is 1.43 bits per heavy atom. The number of benzene rings is 1. The number of halogens is 1. The molecule has 0 amide bonds. The molecule has 1 aromatic heterocycles. The number of nitrogens with one attached hydrogen (secondary N) is 1. The lowest BCUT2D eigenvalue weighted by atomic mass is 10.2. The highest BCUT2D eigenvalue weighted by atomic mass is 35.5. The van der Waals surface area contributed by atoms with E-state index in [1.54, 1.807) is 24.4 Å². The average Bonchev–Trinajstić information content (AvgIpc) is 2.98. The third-order valence-corrected chi connectivity index (χ3v) is 6.21. The van der Waals surface area contributed by atoms with Gasteiger partial charge in [-0.15, -0.1) is 11.3 Å². The first-order valence-corrected chi connectivity index (χ1v) is 9.02. The zero-order chi connectivity index (χ0) is 15.3. The van der Waals surface area contributed by atoms with E-state index >= 15 is 0 Å². The fourth-order valence-corrected chi connectivity index (χ4v) is 4.51. The topological polar surface area (TPSA) is 79.3 Å². The first-order valence-electron chi connectivity index (χ1n) is 6.28. The minimum absolute atomic E-state index is 0.122. The highest BCUT2D eigenvalue weighted by Gasteiger charge is 2.44. The second-order valence-electron chi connectivity index (χ2n) is 5.04. The van der Waals surface area contributed by atoms with Crippen LogP contribution >= 0.6 is 22.9 Å². The predicted octanol–water partition coefficient (Wildman–Crippen LogP) is 2.89. The van der Waals surface area contributed by atoms with Crippen molar-refractivity contribution in [3.05, 3.63) is 39.9 Å². The molecule has 21 heavy (non-hydrogen) atoms. The molecule has 1 fully saturated rings. The van der Waals surface area contributed by atoms with Crippen molar-refractivity contribution >= 4 is 38.1 Å². The highest BCUT2D eigenvalue weighted by Crippen LogP contribution is 2.45. The lowest BCUT2D eigenvalue weighted by molar-refractivity contribution is 0.147. The summed E-state index contributed by atoms with van der Waals surface area (Å²) in [5.74, 6) is 0. The summed E-state index contributed by atoms with van der Waals surface area (Å²) in [6.07, 6.45) is 1.33. The largest absolute Gasteiger partial charge is 0.384 e. The number of anilines is 1. The zero-order valence-corrected chi connectivity index (χ0v) is 13.5. The van der Waals surface area contributed by atoms with Gasteiger partial charge < -0.3 is 5.11 Å². The summed E-state index contributed by atoms with van der Waals surface area (Å²) in [5, 5.41) is 12.3. The van der Waals surface area contributed by atoms with Crippen LogP contribution in [-0.2, 0) is 15.6 Å². The Hall–Kier alpha value is -1.15. The van der Waals surface area contributed by atoms with E-state index in [4.69, 9.17) is 11.6 Å². The van der Waals surface area contributed by atoms with Crippen LogP contribution in [0.15, 0.2) is 28.5 Å². The number of rotatable bonds is 4. The standard InChI is InChI=1S/C13H13ClN2O3S2/c1-8-9(14)3-2-4-10(8)21(18,19)16-12-15-11(7-20-12)13(17)5-6-13/h2-4,7,17H,5-6H2,1H3,(H,15,16). The monoisotopic (exact) mass is 344 g/mol. The van der Waals surface area contributed by atoms with Crippen molar-refractivity contribution in [1.82, 2.24) is 4.98 Å². The second-order valence-corrected chi connectivity index (χ2v) is 7.95. The molecule has 0 aliphatic heterocycles. The Balaban J connectivity index is 1.89. The summed E-state index contributed by atoms with van der Waals surface area (Å²) < 4.78 is 27.2. The summed E-state index contributed by atoms with van der Waals surface area (Å²) in [7, 11) is -3.75. The molecule has 1 aliphatic rings. The van der Waals surface area contributed by atoms with Gasteiger partial charge in [-0.3, -0.25) is 4.72 Å². The molecule has 2 N–H and O–H groups in total. The number of hydrogen-bond acceptors (Lipinski definition) is 5. The third-order valence-electron chi connectivity index (χ3n) is 3.43. The molecule has 112 valence electrons. The first kappa shape index (κ1) is 14.8. The van der Waals surface area contributed by atoms with Gasteiger partial charge in [0, 0.05) is 10.4 Å². The van der Waals surface area contributed by atoms with Crippen LogP contribution in [-0.4, -0.2) is 18.5 Å². The van der Waals surface area contributed by atoms with Gasteiger partial charge in [-0.2, -0.15) is 0 Å². The van der Waals surface area contributed by atoms with Gasteiger partial charge in [-0.1, -0.05) is 17.7 Å². The lowest BCUT2D eigenvalue weighted by Gasteiger charge is -2.09. The Morgan fingerprint density at radius 2 is 2.14 bits per heavy atom. The fraction of sp³-hybridized carbons (Fsp3) is 0.308. The molecular weight excluding hydrogens is 332 g/mol. The minimum Gasteiger partial charge on any atom is -0.384 e. The molecule has 3 rings (SSSR count). The minimum atomic E-state index is -3.75. The summed E-state index contributed by atoms with van der Waals surface area (Å²) in [6.45, 7) is 1.65. The van der Waals surface area contributed by atoms with Gasteiger partial charge in [0.05, 0.1) is 10.6 Å². The van der Waals surface area contributed by atoms with Gasteiger partial charge in [0.2, 0.25) is 0 Å². The summed E-state index contributed by atoms with van der Waals surface area (Å²) in [5.41, 5.74) is 0.142. The van der Waals surface area contributed by atoms with Gasteiger partial charge >= 0.3 is 0 Å². The zero-order valence-electron chi connectivity index (χ0n) is 11.1. The van der Waals surface area contributed by atoms with E-state index in [1.807, 2.05) is 0 Å². The summed E-state index contributed by atoms with van der Waals surface area (Å²) >= 11 is 7.11. The van der Waals surface area contributed by atoms with E-state index in [-0.39, 0.29) is 10.0 Å². The summed E-state index contributed by atoms with van der Waals surface area (Å²) in [4.78, 5) is 4.27. The SMILES string of the molecule is Cc1c(Cl)cccc1S(=O)(=O)Nc1nc(C2(O)CC2)cs1. The Morgan fingerprint density at radius 3 is 2.81 bits per heavy atom. The molecule has 0 spiro atoms. The normalized spacial score (nSPS) is 16.7. The van der Waals surface area contributed by atoms with Crippen LogP contribution in [0.5, 0.6) is 0 Å². The molecule has 0 radical (unpaired) electrons. The molecule has 1 aliphatic carbocycles. The molecule has 1 heterocycles. The van der Waals surface area contributed by atoms with E-state index in [0.717, 1.165) is 11.3 Å². The number of thiazole rings is 1. The van der Waals surface area contributed by atoms with Crippen LogP contribution in [0.2, 0.25) is 5.02 Å². The van der Waals surface area contributed by atoms with Crippen molar-refractivity contribution in [2.75, 3.05) is 4.72 Å². The van der Waals surface area contributed by atoms with Crippen LogP contribution < -0.4 is 4.72 Å². The number of nitrogens with zero attached hydrogens (tertiary/aromatic N) is 1. The van der Waals surface area contributed by atoms with Crippen LogP contribution in [0.3, 0.4) is 0 Å². The van der Waals surface area contributed by atoms with Gasteiger partial charge in [0.1, 0.15) is 5.60 Å². The summed E-state index contributed by atoms with van der Waals surface area (Å²) in [6, 6.07) is 4.72.